The first-order chi connectivity index (χ1) is 14.3. The van der Waals surface area contributed by atoms with Gasteiger partial charge in [0.1, 0.15) is 11.9 Å². The van der Waals surface area contributed by atoms with Gasteiger partial charge in [0.15, 0.2) is 0 Å². The zero-order valence-electron chi connectivity index (χ0n) is 17.5. The van der Waals surface area contributed by atoms with E-state index in [-0.39, 0.29) is 36.0 Å². The van der Waals surface area contributed by atoms with Crippen molar-refractivity contribution in [1.29, 1.82) is 0 Å². The molecule has 0 spiro atoms. The monoisotopic (exact) mass is 450 g/mol. The standard InChI is InChI=1S/C23H28ClFN2O2S/c1-4-21(23(29)26-16(2)3)27(13-17-8-10-20(25)11-9-17)22(28)15-30-14-18-6-5-7-19(24)12-18/h5-12,16,21H,4,13-15H2,1-3H3,(H,26,29)/t21-/m0/s1. The Balaban J connectivity index is 2.12. The molecule has 0 aliphatic heterocycles. The molecule has 0 saturated carbocycles. The molecular weight excluding hydrogens is 423 g/mol. The second kappa shape index (κ2) is 12.0. The largest absolute Gasteiger partial charge is 0.352 e. The molecule has 0 saturated heterocycles. The molecule has 0 aliphatic carbocycles. The molecule has 1 N–H and O–H groups in total. The number of carbonyl (C=O) groups excluding carboxylic acids is 2. The molecule has 162 valence electrons. The summed E-state index contributed by atoms with van der Waals surface area (Å²) in [7, 11) is 0. The number of benzene rings is 2. The van der Waals surface area contributed by atoms with Crippen molar-refractivity contribution in [3.8, 4) is 0 Å². The molecule has 0 bridgehead atoms. The Kier molecular flexibility index (Phi) is 9.66. The van der Waals surface area contributed by atoms with Crippen LogP contribution in [0.3, 0.4) is 0 Å². The van der Waals surface area contributed by atoms with Crippen LogP contribution in [0.2, 0.25) is 5.02 Å². The highest BCUT2D eigenvalue weighted by molar-refractivity contribution is 7.99. The van der Waals surface area contributed by atoms with Crippen molar-refractivity contribution in [1.82, 2.24) is 10.2 Å². The zero-order chi connectivity index (χ0) is 22.1. The van der Waals surface area contributed by atoms with E-state index in [2.05, 4.69) is 5.32 Å². The summed E-state index contributed by atoms with van der Waals surface area (Å²) in [5.41, 5.74) is 1.82. The molecular formula is C23H28ClFN2O2S. The molecule has 0 heterocycles. The lowest BCUT2D eigenvalue weighted by Crippen LogP contribution is -2.50. The van der Waals surface area contributed by atoms with E-state index >= 15 is 0 Å². The van der Waals surface area contributed by atoms with Gasteiger partial charge in [0.25, 0.3) is 0 Å². The molecule has 4 nitrogen and oxygen atoms in total. The third kappa shape index (κ3) is 7.65. The summed E-state index contributed by atoms with van der Waals surface area (Å²) in [6.45, 7) is 5.91. The van der Waals surface area contributed by atoms with Gasteiger partial charge in [-0.15, -0.1) is 11.8 Å². The molecule has 2 aromatic carbocycles. The number of rotatable bonds is 10. The van der Waals surface area contributed by atoms with Crippen LogP contribution in [0.25, 0.3) is 0 Å². The maximum Gasteiger partial charge on any atom is 0.243 e. The molecule has 1 atom stereocenters. The second-order valence-electron chi connectivity index (χ2n) is 7.36. The molecule has 2 amide bonds. The van der Waals surface area contributed by atoms with Gasteiger partial charge in [-0.25, -0.2) is 4.39 Å². The Morgan fingerprint density at radius 1 is 1.13 bits per heavy atom. The number of amides is 2. The van der Waals surface area contributed by atoms with Crippen molar-refractivity contribution < 1.29 is 14.0 Å². The third-order valence-electron chi connectivity index (χ3n) is 4.47. The summed E-state index contributed by atoms with van der Waals surface area (Å²) in [6, 6.07) is 12.9. The van der Waals surface area contributed by atoms with Crippen LogP contribution in [0.4, 0.5) is 4.39 Å². The first-order valence-corrected chi connectivity index (χ1v) is 11.5. The number of hydrogen-bond acceptors (Lipinski definition) is 3. The van der Waals surface area contributed by atoms with Crippen LogP contribution in [-0.4, -0.2) is 34.6 Å². The Bertz CT molecular complexity index is 845. The van der Waals surface area contributed by atoms with Gasteiger partial charge in [-0.05, 0) is 55.7 Å². The van der Waals surface area contributed by atoms with Crippen LogP contribution in [0.15, 0.2) is 48.5 Å². The molecule has 0 fully saturated rings. The Morgan fingerprint density at radius 2 is 1.83 bits per heavy atom. The van der Waals surface area contributed by atoms with E-state index in [1.165, 1.54) is 23.9 Å². The average molecular weight is 451 g/mol. The minimum Gasteiger partial charge on any atom is -0.352 e. The summed E-state index contributed by atoms with van der Waals surface area (Å²) in [6.07, 6.45) is 0.491. The quantitative estimate of drug-likeness (QED) is 0.551. The van der Waals surface area contributed by atoms with Gasteiger partial charge in [-0.2, -0.15) is 0 Å². The van der Waals surface area contributed by atoms with Gasteiger partial charge < -0.3 is 10.2 Å². The van der Waals surface area contributed by atoms with Crippen LogP contribution in [-0.2, 0) is 21.9 Å². The fraction of sp³-hybridized carbons (Fsp3) is 0.391. The highest BCUT2D eigenvalue weighted by Gasteiger charge is 2.28. The summed E-state index contributed by atoms with van der Waals surface area (Å²) in [5.74, 6) is 0.239. The fourth-order valence-corrected chi connectivity index (χ4v) is 4.12. The van der Waals surface area contributed by atoms with Crippen molar-refractivity contribution >= 4 is 35.2 Å². The van der Waals surface area contributed by atoms with Gasteiger partial charge in [-0.3, -0.25) is 9.59 Å². The van der Waals surface area contributed by atoms with Crippen LogP contribution >= 0.6 is 23.4 Å². The highest BCUT2D eigenvalue weighted by atomic mass is 35.5. The molecule has 2 aromatic rings. The maximum absolute atomic E-state index is 13.3. The minimum absolute atomic E-state index is 0.0217. The number of carbonyl (C=O) groups is 2. The van der Waals surface area contributed by atoms with Crippen LogP contribution in [0.5, 0.6) is 0 Å². The van der Waals surface area contributed by atoms with E-state index in [0.717, 1.165) is 11.1 Å². The van der Waals surface area contributed by atoms with E-state index in [4.69, 9.17) is 11.6 Å². The Labute approximate surface area is 187 Å². The van der Waals surface area contributed by atoms with Crippen LogP contribution in [0, 0.1) is 5.82 Å². The predicted molar refractivity (Wildman–Crippen MR) is 122 cm³/mol. The predicted octanol–water partition coefficient (Wildman–Crippen LogP) is 5.04. The summed E-state index contributed by atoms with van der Waals surface area (Å²) < 4.78 is 13.3. The summed E-state index contributed by atoms with van der Waals surface area (Å²) >= 11 is 7.50. The normalized spacial score (nSPS) is 11.9. The Morgan fingerprint density at radius 3 is 2.43 bits per heavy atom. The molecule has 0 radical (unpaired) electrons. The molecule has 0 aliphatic rings. The minimum atomic E-state index is -0.586. The zero-order valence-corrected chi connectivity index (χ0v) is 19.1. The van der Waals surface area contributed by atoms with Gasteiger partial charge in [0.2, 0.25) is 11.8 Å². The maximum atomic E-state index is 13.3. The van der Waals surface area contributed by atoms with E-state index in [1.54, 1.807) is 17.0 Å². The van der Waals surface area contributed by atoms with Crippen molar-refractivity contribution in [2.24, 2.45) is 0 Å². The Hall–Kier alpha value is -2.05. The van der Waals surface area contributed by atoms with Gasteiger partial charge in [0, 0.05) is 23.4 Å². The van der Waals surface area contributed by atoms with E-state index < -0.39 is 6.04 Å². The first-order valence-electron chi connectivity index (χ1n) is 9.96. The number of thioether (sulfide) groups is 1. The number of nitrogens with one attached hydrogen (secondary N) is 1. The number of hydrogen-bond donors (Lipinski definition) is 1. The molecule has 0 aromatic heterocycles. The molecule has 2 rings (SSSR count). The number of halogens is 2. The second-order valence-corrected chi connectivity index (χ2v) is 8.78. The molecule has 30 heavy (non-hydrogen) atoms. The summed E-state index contributed by atoms with van der Waals surface area (Å²) in [5, 5.41) is 3.56. The van der Waals surface area contributed by atoms with Crippen molar-refractivity contribution in [2.45, 2.75) is 51.6 Å². The lowest BCUT2D eigenvalue weighted by atomic mass is 10.1. The molecule has 0 unspecified atom stereocenters. The number of nitrogens with zero attached hydrogens (tertiary/aromatic N) is 1. The van der Waals surface area contributed by atoms with E-state index in [0.29, 0.717) is 17.2 Å². The SMILES string of the molecule is CC[C@@H](C(=O)NC(C)C)N(Cc1ccc(F)cc1)C(=O)CSCc1cccc(Cl)c1. The lowest BCUT2D eigenvalue weighted by Gasteiger charge is -2.31. The van der Waals surface area contributed by atoms with E-state index in [1.807, 2.05) is 45.0 Å². The van der Waals surface area contributed by atoms with Gasteiger partial charge in [-0.1, -0.05) is 42.8 Å². The fourth-order valence-electron chi connectivity index (χ4n) is 3.05. The average Bonchev–Trinajstić information content (AvgIpc) is 2.68. The van der Waals surface area contributed by atoms with Gasteiger partial charge >= 0.3 is 0 Å². The van der Waals surface area contributed by atoms with Crippen molar-refractivity contribution in [3.05, 3.63) is 70.5 Å². The van der Waals surface area contributed by atoms with Gasteiger partial charge in [0.05, 0.1) is 5.75 Å². The lowest BCUT2D eigenvalue weighted by molar-refractivity contribution is -0.139. The van der Waals surface area contributed by atoms with E-state index in [9.17, 15) is 14.0 Å². The smallest absolute Gasteiger partial charge is 0.243 e. The summed E-state index contributed by atoms with van der Waals surface area (Å²) in [4.78, 5) is 27.4. The highest BCUT2D eigenvalue weighted by Crippen LogP contribution is 2.19. The molecule has 7 heteroatoms. The van der Waals surface area contributed by atoms with Crippen molar-refractivity contribution in [2.75, 3.05) is 5.75 Å². The van der Waals surface area contributed by atoms with Crippen LogP contribution < -0.4 is 5.32 Å². The van der Waals surface area contributed by atoms with Crippen LogP contribution in [0.1, 0.15) is 38.3 Å². The topological polar surface area (TPSA) is 49.4 Å². The third-order valence-corrected chi connectivity index (χ3v) is 5.69. The first kappa shape index (κ1) is 24.2. The van der Waals surface area contributed by atoms with Crippen molar-refractivity contribution in [3.63, 3.8) is 0 Å².